The highest BCUT2D eigenvalue weighted by molar-refractivity contribution is 14.0. The van der Waals surface area contributed by atoms with E-state index in [0.717, 1.165) is 44.9 Å². The molecule has 7 heteroatoms. The van der Waals surface area contributed by atoms with Crippen molar-refractivity contribution in [1.29, 1.82) is 0 Å². The molecule has 22 heavy (non-hydrogen) atoms. The topological polar surface area (TPSA) is 56.7 Å². The minimum absolute atomic E-state index is 0. The monoisotopic (exact) mass is 440 g/mol. The number of thioether (sulfide) groups is 1. The van der Waals surface area contributed by atoms with Crippen LogP contribution in [0.2, 0.25) is 0 Å². The third-order valence-electron chi connectivity index (χ3n) is 3.91. The maximum Gasteiger partial charge on any atom is 0.220 e. The zero-order valence-corrected chi connectivity index (χ0v) is 16.8. The van der Waals surface area contributed by atoms with Crippen LogP contribution in [0.4, 0.5) is 0 Å². The van der Waals surface area contributed by atoms with E-state index in [2.05, 4.69) is 39.2 Å². The number of rotatable bonds is 6. The number of nitrogens with zero attached hydrogens (tertiary/aromatic N) is 2. The van der Waals surface area contributed by atoms with Gasteiger partial charge in [0.2, 0.25) is 5.91 Å². The predicted octanol–water partition coefficient (Wildman–Crippen LogP) is 2.07. The van der Waals surface area contributed by atoms with Crippen molar-refractivity contribution in [3.05, 3.63) is 0 Å². The van der Waals surface area contributed by atoms with E-state index in [4.69, 9.17) is 0 Å². The van der Waals surface area contributed by atoms with Crippen LogP contribution in [0, 0.1) is 0 Å². The maximum atomic E-state index is 11.6. The lowest BCUT2D eigenvalue weighted by Gasteiger charge is -2.34. The average molecular weight is 440 g/mol. The van der Waals surface area contributed by atoms with Crippen LogP contribution in [0.25, 0.3) is 0 Å². The SMILES string of the molecule is CCC1CN(C(=NC)NCCCC(=O)NC2CC2)CCS1.I. The molecule has 1 heterocycles. The summed E-state index contributed by atoms with van der Waals surface area (Å²) in [5.74, 6) is 2.34. The highest BCUT2D eigenvalue weighted by Gasteiger charge is 2.23. The molecule has 1 aliphatic carbocycles. The van der Waals surface area contributed by atoms with Crippen LogP contribution in [-0.2, 0) is 4.79 Å². The molecule has 1 unspecified atom stereocenters. The summed E-state index contributed by atoms with van der Waals surface area (Å²) in [7, 11) is 1.84. The van der Waals surface area contributed by atoms with E-state index in [9.17, 15) is 4.79 Å². The van der Waals surface area contributed by atoms with Crippen molar-refractivity contribution in [3.63, 3.8) is 0 Å². The second-order valence-corrected chi connectivity index (χ2v) is 7.17. The summed E-state index contributed by atoms with van der Waals surface area (Å²) >= 11 is 2.06. The average Bonchev–Trinajstić information content (AvgIpc) is 3.31. The summed E-state index contributed by atoms with van der Waals surface area (Å²) in [4.78, 5) is 18.3. The Morgan fingerprint density at radius 3 is 2.82 bits per heavy atom. The lowest BCUT2D eigenvalue weighted by atomic mass is 10.3. The van der Waals surface area contributed by atoms with E-state index in [1.807, 2.05) is 7.05 Å². The Kier molecular flexibility index (Phi) is 9.54. The van der Waals surface area contributed by atoms with E-state index in [1.165, 1.54) is 12.2 Å². The van der Waals surface area contributed by atoms with Gasteiger partial charge >= 0.3 is 0 Å². The number of guanidine groups is 1. The van der Waals surface area contributed by atoms with Crippen molar-refractivity contribution in [1.82, 2.24) is 15.5 Å². The Hall–Kier alpha value is -0.180. The smallest absolute Gasteiger partial charge is 0.220 e. The molecule has 1 amide bonds. The normalized spacial score (nSPS) is 22.0. The van der Waals surface area contributed by atoms with Crippen molar-refractivity contribution < 1.29 is 4.79 Å². The molecule has 2 N–H and O–H groups in total. The number of hydrogen-bond acceptors (Lipinski definition) is 3. The summed E-state index contributed by atoms with van der Waals surface area (Å²) in [6, 6.07) is 0.468. The molecule has 0 radical (unpaired) electrons. The van der Waals surface area contributed by atoms with Gasteiger partial charge in [-0.3, -0.25) is 9.79 Å². The van der Waals surface area contributed by atoms with Gasteiger partial charge in [-0.05, 0) is 25.7 Å². The number of hydrogen-bond donors (Lipinski definition) is 2. The first-order chi connectivity index (χ1) is 10.2. The second-order valence-electron chi connectivity index (χ2n) is 5.77. The van der Waals surface area contributed by atoms with Crippen molar-refractivity contribution in [2.75, 3.05) is 32.4 Å². The third kappa shape index (κ3) is 6.93. The van der Waals surface area contributed by atoms with Gasteiger partial charge in [-0.15, -0.1) is 24.0 Å². The van der Waals surface area contributed by atoms with E-state index >= 15 is 0 Å². The zero-order chi connectivity index (χ0) is 15.1. The van der Waals surface area contributed by atoms with Gasteiger partial charge in [0.25, 0.3) is 0 Å². The van der Waals surface area contributed by atoms with Crippen LogP contribution in [0.5, 0.6) is 0 Å². The highest BCUT2D eigenvalue weighted by atomic mass is 127. The predicted molar refractivity (Wildman–Crippen MR) is 105 cm³/mol. The lowest BCUT2D eigenvalue weighted by Crippen LogP contribution is -2.48. The minimum Gasteiger partial charge on any atom is -0.356 e. The van der Waals surface area contributed by atoms with Gasteiger partial charge in [-0.1, -0.05) is 6.92 Å². The molecule has 0 aromatic heterocycles. The molecular formula is C15H29IN4OS. The van der Waals surface area contributed by atoms with Crippen LogP contribution in [0.1, 0.15) is 39.0 Å². The molecule has 1 aliphatic heterocycles. The van der Waals surface area contributed by atoms with Crippen LogP contribution < -0.4 is 10.6 Å². The molecule has 2 rings (SSSR count). The van der Waals surface area contributed by atoms with Crippen LogP contribution >= 0.6 is 35.7 Å². The molecule has 0 aromatic rings. The van der Waals surface area contributed by atoms with Gasteiger partial charge < -0.3 is 15.5 Å². The number of aliphatic imine (C=N–C) groups is 1. The molecule has 1 saturated carbocycles. The third-order valence-corrected chi connectivity index (χ3v) is 5.28. The van der Waals surface area contributed by atoms with Gasteiger partial charge in [-0.25, -0.2) is 0 Å². The first kappa shape index (κ1) is 19.9. The maximum absolute atomic E-state index is 11.6. The first-order valence-corrected chi connectivity index (χ1v) is 9.14. The zero-order valence-electron chi connectivity index (χ0n) is 13.6. The summed E-state index contributed by atoms with van der Waals surface area (Å²) in [6.07, 6.45) is 4.98. The molecule has 0 aromatic carbocycles. The second kappa shape index (κ2) is 10.6. The number of halogens is 1. The Morgan fingerprint density at radius 1 is 1.41 bits per heavy atom. The summed E-state index contributed by atoms with van der Waals surface area (Å²) in [6.45, 7) is 5.19. The molecule has 1 atom stereocenters. The fraction of sp³-hybridized carbons (Fsp3) is 0.867. The van der Waals surface area contributed by atoms with Gasteiger partial charge in [0.1, 0.15) is 0 Å². The van der Waals surface area contributed by atoms with Crippen LogP contribution in [-0.4, -0.2) is 60.5 Å². The molecular weight excluding hydrogens is 411 g/mol. The number of carbonyl (C=O) groups is 1. The molecule has 0 spiro atoms. The van der Waals surface area contributed by atoms with Crippen molar-refractivity contribution >= 4 is 47.6 Å². The standard InChI is InChI=1S/C15H28N4OS.HI/c1-3-13-11-19(9-10-21-13)15(16-2)17-8-4-5-14(20)18-12-6-7-12;/h12-13H,3-11H2,1-2H3,(H,16,17)(H,18,20);1H. The minimum atomic E-state index is 0. The van der Waals surface area contributed by atoms with Gasteiger partial charge in [-0.2, -0.15) is 11.8 Å². The largest absolute Gasteiger partial charge is 0.356 e. The fourth-order valence-corrected chi connectivity index (χ4v) is 3.65. The van der Waals surface area contributed by atoms with Gasteiger partial charge in [0.05, 0.1) is 0 Å². The fourth-order valence-electron chi connectivity index (χ4n) is 2.47. The molecule has 0 bridgehead atoms. The molecule has 5 nitrogen and oxygen atoms in total. The summed E-state index contributed by atoms with van der Waals surface area (Å²) < 4.78 is 0. The van der Waals surface area contributed by atoms with Crippen molar-refractivity contribution in [2.24, 2.45) is 4.99 Å². The van der Waals surface area contributed by atoms with E-state index in [-0.39, 0.29) is 29.9 Å². The molecule has 2 fully saturated rings. The lowest BCUT2D eigenvalue weighted by molar-refractivity contribution is -0.121. The van der Waals surface area contributed by atoms with Gasteiger partial charge in [0.15, 0.2) is 5.96 Å². The highest BCUT2D eigenvalue weighted by Crippen LogP contribution is 2.21. The van der Waals surface area contributed by atoms with E-state index < -0.39 is 0 Å². The number of amides is 1. The Labute approximate surface area is 155 Å². The van der Waals surface area contributed by atoms with Crippen molar-refractivity contribution in [3.8, 4) is 0 Å². The Morgan fingerprint density at radius 2 is 2.18 bits per heavy atom. The summed E-state index contributed by atoms with van der Waals surface area (Å²) in [5, 5.41) is 7.13. The molecule has 2 aliphatic rings. The van der Waals surface area contributed by atoms with Gasteiger partial charge in [0, 0.05) is 50.1 Å². The Bertz CT molecular complexity index is 377. The van der Waals surface area contributed by atoms with Crippen LogP contribution in [0.15, 0.2) is 4.99 Å². The Balaban J connectivity index is 0.00000242. The number of carbonyl (C=O) groups excluding carboxylic acids is 1. The van der Waals surface area contributed by atoms with E-state index in [0.29, 0.717) is 17.7 Å². The van der Waals surface area contributed by atoms with E-state index in [1.54, 1.807) is 0 Å². The van der Waals surface area contributed by atoms with Crippen LogP contribution in [0.3, 0.4) is 0 Å². The summed E-state index contributed by atoms with van der Waals surface area (Å²) in [5.41, 5.74) is 0. The number of nitrogens with one attached hydrogen (secondary N) is 2. The van der Waals surface area contributed by atoms with Crippen molar-refractivity contribution in [2.45, 2.75) is 50.3 Å². The molecule has 128 valence electrons. The quantitative estimate of drug-likeness (QED) is 0.288. The first-order valence-electron chi connectivity index (χ1n) is 8.09. The molecule has 1 saturated heterocycles.